The highest BCUT2D eigenvalue weighted by molar-refractivity contribution is 6.32. The highest BCUT2D eigenvalue weighted by Crippen LogP contribution is 2.30. The number of cyclic esters (lactones) is 1. The molecule has 0 saturated carbocycles. The van der Waals surface area contributed by atoms with E-state index in [4.69, 9.17) is 16.3 Å². The van der Waals surface area contributed by atoms with Crippen LogP contribution in [0.1, 0.15) is 17.2 Å². The van der Waals surface area contributed by atoms with Crippen LogP contribution in [0.15, 0.2) is 12.1 Å². The highest BCUT2D eigenvalue weighted by Gasteiger charge is 2.28. The zero-order valence-corrected chi connectivity index (χ0v) is 8.77. The van der Waals surface area contributed by atoms with Crippen molar-refractivity contribution in [2.24, 2.45) is 0 Å². The summed E-state index contributed by atoms with van der Waals surface area (Å²) in [5.74, 6) is -0.429. The lowest BCUT2D eigenvalue weighted by molar-refractivity contribution is 0.177. The van der Waals surface area contributed by atoms with Crippen molar-refractivity contribution in [2.45, 2.75) is 13.0 Å². The monoisotopic (exact) mass is 229 g/mol. The normalized spacial score (nSPS) is 19.9. The van der Waals surface area contributed by atoms with Gasteiger partial charge in [-0.1, -0.05) is 17.7 Å². The average Bonchev–Trinajstić information content (AvgIpc) is 2.59. The Bertz CT molecular complexity index is 422. The molecular weight excluding hydrogens is 221 g/mol. The van der Waals surface area contributed by atoms with Crippen molar-refractivity contribution in [3.63, 3.8) is 0 Å². The second-order valence-corrected chi connectivity index (χ2v) is 3.77. The van der Waals surface area contributed by atoms with Crippen LogP contribution in [0.25, 0.3) is 0 Å². The summed E-state index contributed by atoms with van der Waals surface area (Å²) in [6.45, 7) is 1.89. The number of carbonyl (C=O) groups excluding carboxylic acids is 1. The van der Waals surface area contributed by atoms with Crippen molar-refractivity contribution in [3.8, 4) is 0 Å². The van der Waals surface area contributed by atoms with Crippen LogP contribution in [-0.2, 0) is 4.74 Å². The third-order valence-corrected chi connectivity index (χ3v) is 2.84. The summed E-state index contributed by atoms with van der Waals surface area (Å²) in [7, 11) is 0. The molecule has 5 heteroatoms. The lowest BCUT2D eigenvalue weighted by Gasteiger charge is -2.12. The van der Waals surface area contributed by atoms with Gasteiger partial charge in [-0.05, 0) is 18.6 Å². The molecule has 1 amide bonds. The van der Waals surface area contributed by atoms with Crippen molar-refractivity contribution in [1.29, 1.82) is 0 Å². The van der Waals surface area contributed by atoms with E-state index in [1.807, 2.05) is 0 Å². The summed E-state index contributed by atoms with van der Waals surface area (Å²) in [5, 5.41) is 2.83. The first-order valence-electron chi connectivity index (χ1n) is 4.47. The molecule has 80 valence electrons. The van der Waals surface area contributed by atoms with Gasteiger partial charge in [0.2, 0.25) is 0 Å². The summed E-state index contributed by atoms with van der Waals surface area (Å²) in [6, 6.07) is 2.43. The lowest BCUT2D eigenvalue weighted by atomic mass is 10.0. The van der Waals surface area contributed by atoms with Crippen LogP contribution in [0.4, 0.5) is 9.18 Å². The predicted octanol–water partition coefficient (Wildman–Crippen LogP) is 2.57. The Morgan fingerprint density at radius 1 is 1.60 bits per heavy atom. The van der Waals surface area contributed by atoms with Crippen molar-refractivity contribution in [1.82, 2.24) is 5.32 Å². The Kier molecular flexibility index (Phi) is 2.52. The van der Waals surface area contributed by atoms with E-state index < -0.39 is 18.0 Å². The summed E-state index contributed by atoms with van der Waals surface area (Å²) in [6.07, 6.45) is -0.544. The van der Waals surface area contributed by atoms with E-state index in [1.165, 1.54) is 6.07 Å². The van der Waals surface area contributed by atoms with Gasteiger partial charge in [0.1, 0.15) is 12.4 Å². The Balaban J connectivity index is 2.43. The fourth-order valence-corrected chi connectivity index (χ4v) is 1.82. The van der Waals surface area contributed by atoms with Crippen LogP contribution in [0, 0.1) is 12.7 Å². The smallest absolute Gasteiger partial charge is 0.407 e. The minimum atomic E-state index is -0.544. The number of rotatable bonds is 1. The van der Waals surface area contributed by atoms with E-state index in [-0.39, 0.29) is 6.61 Å². The Morgan fingerprint density at radius 2 is 2.33 bits per heavy atom. The van der Waals surface area contributed by atoms with Gasteiger partial charge in [-0.15, -0.1) is 0 Å². The summed E-state index contributed by atoms with van der Waals surface area (Å²) in [4.78, 5) is 10.8. The quantitative estimate of drug-likeness (QED) is 0.804. The second kappa shape index (κ2) is 3.70. The van der Waals surface area contributed by atoms with Gasteiger partial charge >= 0.3 is 6.09 Å². The van der Waals surface area contributed by atoms with Crippen LogP contribution in [0.3, 0.4) is 0 Å². The minimum Gasteiger partial charge on any atom is -0.447 e. The predicted molar refractivity (Wildman–Crippen MR) is 53.4 cm³/mol. The molecule has 15 heavy (non-hydrogen) atoms. The van der Waals surface area contributed by atoms with Crippen molar-refractivity contribution < 1.29 is 13.9 Å². The van der Waals surface area contributed by atoms with Crippen LogP contribution in [-0.4, -0.2) is 12.7 Å². The van der Waals surface area contributed by atoms with Gasteiger partial charge in [0.15, 0.2) is 0 Å². The van der Waals surface area contributed by atoms with Crippen molar-refractivity contribution in [3.05, 3.63) is 34.1 Å². The molecule has 0 spiro atoms. The molecule has 1 aromatic rings. The van der Waals surface area contributed by atoms with Gasteiger partial charge in [-0.3, -0.25) is 0 Å². The van der Waals surface area contributed by atoms with E-state index in [0.29, 0.717) is 10.6 Å². The van der Waals surface area contributed by atoms with E-state index in [0.717, 1.165) is 5.56 Å². The van der Waals surface area contributed by atoms with Crippen LogP contribution >= 0.6 is 11.6 Å². The number of hydrogen-bond donors (Lipinski definition) is 1. The summed E-state index contributed by atoms with van der Waals surface area (Å²) in [5.41, 5.74) is 1.07. The first kappa shape index (κ1) is 10.2. The molecular formula is C10H9ClFNO2. The molecule has 0 aromatic heterocycles. The largest absolute Gasteiger partial charge is 0.447 e. The molecule has 2 rings (SSSR count). The number of alkyl carbamates (subject to hydrolysis) is 1. The van der Waals surface area contributed by atoms with Gasteiger partial charge in [0.05, 0.1) is 11.1 Å². The van der Waals surface area contributed by atoms with Gasteiger partial charge in [0.25, 0.3) is 0 Å². The van der Waals surface area contributed by atoms with Gasteiger partial charge < -0.3 is 10.1 Å². The van der Waals surface area contributed by atoms with E-state index in [1.54, 1.807) is 13.0 Å². The molecule has 1 atom stereocenters. The van der Waals surface area contributed by atoms with Crippen LogP contribution in [0.2, 0.25) is 5.02 Å². The lowest BCUT2D eigenvalue weighted by Crippen LogP contribution is -2.20. The molecule has 1 aliphatic heterocycles. The SMILES string of the molecule is Cc1ccc(F)c([C@H]2COC(=O)N2)c1Cl. The zero-order valence-electron chi connectivity index (χ0n) is 8.01. The molecule has 1 aromatic carbocycles. The van der Waals surface area contributed by atoms with Crippen LogP contribution < -0.4 is 5.32 Å². The fourth-order valence-electron chi connectivity index (χ4n) is 1.54. The number of aryl methyl sites for hydroxylation is 1. The average molecular weight is 230 g/mol. The molecule has 1 saturated heterocycles. The first-order valence-corrected chi connectivity index (χ1v) is 4.85. The molecule has 0 aliphatic carbocycles. The minimum absolute atomic E-state index is 0.110. The second-order valence-electron chi connectivity index (χ2n) is 3.39. The first-order chi connectivity index (χ1) is 7.09. The highest BCUT2D eigenvalue weighted by atomic mass is 35.5. The van der Waals surface area contributed by atoms with Crippen LogP contribution in [0.5, 0.6) is 0 Å². The molecule has 1 aliphatic rings. The van der Waals surface area contributed by atoms with E-state index in [9.17, 15) is 9.18 Å². The Morgan fingerprint density at radius 3 is 2.93 bits per heavy atom. The zero-order chi connectivity index (χ0) is 11.0. The number of hydrogen-bond acceptors (Lipinski definition) is 2. The van der Waals surface area contributed by atoms with Gasteiger partial charge in [0, 0.05) is 5.56 Å². The molecule has 1 N–H and O–H groups in total. The number of amides is 1. The Hall–Kier alpha value is -1.29. The third-order valence-electron chi connectivity index (χ3n) is 2.34. The molecule has 1 fully saturated rings. The van der Waals surface area contributed by atoms with Gasteiger partial charge in [-0.2, -0.15) is 0 Å². The standard InChI is InChI=1S/C10H9ClFNO2/c1-5-2-3-6(12)8(9(5)11)7-4-15-10(14)13-7/h2-3,7H,4H2,1H3,(H,13,14)/t7-/m1/s1. The number of benzene rings is 1. The molecule has 0 unspecified atom stereocenters. The maximum atomic E-state index is 13.5. The fraction of sp³-hybridized carbons (Fsp3) is 0.300. The molecule has 0 radical (unpaired) electrons. The summed E-state index contributed by atoms with van der Waals surface area (Å²) < 4.78 is 18.2. The summed E-state index contributed by atoms with van der Waals surface area (Å²) >= 11 is 5.98. The Labute approximate surface area is 91.2 Å². The number of ether oxygens (including phenoxy) is 1. The maximum Gasteiger partial charge on any atom is 0.407 e. The number of nitrogens with one attached hydrogen (secondary N) is 1. The number of halogens is 2. The van der Waals surface area contributed by atoms with Crippen molar-refractivity contribution in [2.75, 3.05) is 6.61 Å². The third kappa shape index (κ3) is 1.77. The van der Waals surface area contributed by atoms with E-state index in [2.05, 4.69) is 5.32 Å². The topological polar surface area (TPSA) is 38.3 Å². The van der Waals surface area contributed by atoms with Gasteiger partial charge in [-0.25, -0.2) is 9.18 Å². The maximum absolute atomic E-state index is 13.5. The molecule has 1 heterocycles. The van der Waals surface area contributed by atoms with E-state index >= 15 is 0 Å². The molecule has 0 bridgehead atoms. The number of carbonyl (C=O) groups is 1. The molecule has 3 nitrogen and oxygen atoms in total. The van der Waals surface area contributed by atoms with Crippen molar-refractivity contribution >= 4 is 17.7 Å².